The summed E-state index contributed by atoms with van der Waals surface area (Å²) in [6, 6.07) is 5.93. The number of nitrogens with zero attached hydrogens (tertiary/aromatic N) is 2. The van der Waals surface area contributed by atoms with Crippen molar-refractivity contribution in [2.45, 2.75) is 13.3 Å². The van der Waals surface area contributed by atoms with Crippen LogP contribution in [0.25, 0.3) is 5.69 Å². The molecular formula is C15H20BrN3O2. The number of imidazole rings is 1. The standard InChI is InChI=1S/C15H20BrN3O2/c1-3-21-10-4-7-17-15-18-8-9-19(15)12-5-6-14(20-2)13(16)11-12/h5-6,8-9,11H,3-4,7,10H2,1-2H3,(H,17,18). The van der Waals surface area contributed by atoms with Gasteiger partial charge >= 0.3 is 0 Å². The van der Waals surface area contributed by atoms with Crippen molar-refractivity contribution in [2.75, 3.05) is 32.2 Å². The van der Waals surface area contributed by atoms with Crippen LogP contribution in [0.15, 0.2) is 35.1 Å². The van der Waals surface area contributed by atoms with Crippen molar-refractivity contribution in [1.82, 2.24) is 9.55 Å². The van der Waals surface area contributed by atoms with E-state index in [1.165, 1.54) is 0 Å². The van der Waals surface area contributed by atoms with Crippen LogP contribution < -0.4 is 10.1 Å². The molecule has 0 radical (unpaired) electrons. The molecule has 114 valence electrons. The van der Waals surface area contributed by atoms with Gasteiger partial charge in [-0.1, -0.05) is 0 Å². The number of hydrogen-bond donors (Lipinski definition) is 1. The summed E-state index contributed by atoms with van der Waals surface area (Å²) >= 11 is 3.50. The summed E-state index contributed by atoms with van der Waals surface area (Å²) < 4.78 is 13.5. The summed E-state index contributed by atoms with van der Waals surface area (Å²) in [5.41, 5.74) is 1.02. The summed E-state index contributed by atoms with van der Waals surface area (Å²) in [5, 5.41) is 3.32. The Balaban J connectivity index is 2.04. The zero-order chi connectivity index (χ0) is 15.1. The first-order valence-electron chi connectivity index (χ1n) is 6.95. The molecule has 0 amide bonds. The van der Waals surface area contributed by atoms with E-state index >= 15 is 0 Å². The molecule has 1 aromatic carbocycles. The van der Waals surface area contributed by atoms with E-state index in [0.29, 0.717) is 0 Å². The fraction of sp³-hybridized carbons (Fsp3) is 0.400. The highest BCUT2D eigenvalue weighted by Crippen LogP contribution is 2.28. The van der Waals surface area contributed by atoms with Gasteiger partial charge in [-0.2, -0.15) is 0 Å². The lowest BCUT2D eigenvalue weighted by atomic mass is 10.3. The highest BCUT2D eigenvalue weighted by Gasteiger charge is 2.07. The molecule has 0 saturated carbocycles. The molecule has 0 aliphatic rings. The first-order valence-corrected chi connectivity index (χ1v) is 7.74. The van der Waals surface area contributed by atoms with Crippen molar-refractivity contribution in [2.24, 2.45) is 0 Å². The third kappa shape index (κ3) is 4.22. The number of benzene rings is 1. The van der Waals surface area contributed by atoms with E-state index in [0.717, 1.165) is 48.0 Å². The summed E-state index contributed by atoms with van der Waals surface area (Å²) in [5.74, 6) is 1.63. The van der Waals surface area contributed by atoms with Crippen LogP contribution in [0.1, 0.15) is 13.3 Å². The van der Waals surface area contributed by atoms with Gasteiger partial charge < -0.3 is 14.8 Å². The van der Waals surface area contributed by atoms with Crippen LogP contribution in [-0.2, 0) is 4.74 Å². The second-order valence-corrected chi connectivity index (χ2v) is 5.27. The molecule has 2 rings (SSSR count). The lowest BCUT2D eigenvalue weighted by Crippen LogP contribution is -2.10. The highest BCUT2D eigenvalue weighted by molar-refractivity contribution is 9.10. The van der Waals surface area contributed by atoms with Crippen LogP contribution >= 0.6 is 15.9 Å². The Hall–Kier alpha value is -1.53. The molecule has 0 bridgehead atoms. The first-order chi connectivity index (χ1) is 10.3. The SMILES string of the molecule is CCOCCCNc1nccn1-c1ccc(OC)c(Br)c1. The Morgan fingerprint density at radius 2 is 2.24 bits per heavy atom. The largest absolute Gasteiger partial charge is 0.496 e. The summed E-state index contributed by atoms with van der Waals surface area (Å²) in [6.45, 7) is 4.35. The first kappa shape index (κ1) is 15.9. The van der Waals surface area contributed by atoms with Crippen molar-refractivity contribution >= 4 is 21.9 Å². The van der Waals surface area contributed by atoms with E-state index in [4.69, 9.17) is 9.47 Å². The summed E-state index contributed by atoms with van der Waals surface area (Å²) in [6.07, 6.45) is 4.66. The molecule has 6 heteroatoms. The maximum absolute atomic E-state index is 5.32. The minimum Gasteiger partial charge on any atom is -0.496 e. The summed E-state index contributed by atoms with van der Waals surface area (Å²) in [7, 11) is 1.66. The van der Waals surface area contributed by atoms with E-state index in [9.17, 15) is 0 Å². The molecule has 5 nitrogen and oxygen atoms in total. The van der Waals surface area contributed by atoms with Crippen LogP contribution in [0.2, 0.25) is 0 Å². The van der Waals surface area contributed by atoms with Crippen LogP contribution in [0, 0.1) is 0 Å². The topological polar surface area (TPSA) is 48.3 Å². The van der Waals surface area contributed by atoms with E-state index in [-0.39, 0.29) is 0 Å². The second-order valence-electron chi connectivity index (χ2n) is 4.42. The Labute approximate surface area is 133 Å². The normalized spacial score (nSPS) is 10.6. The van der Waals surface area contributed by atoms with Gasteiger partial charge in [0.05, 0.1) is 11.6 Å². The number of hydrogen-bond acceptors (Lipinski definition) is 4. The monoisotopic (exact) mass is 353 g/mol. The zero-order valence-electron chi connectivity index (χ0n) is 12.3. The smallest absolute Gasteiger partial charge is 0.207 e. The molecule has 0 spiro atoms. The molecule has 0 aliphatic carbocycles. The van der Waals surface area contributed by atoms with Gasteiger partial charge in [-0.15, -0.1) is 0 Å². The average Bonchev–Trinajstić information content (AvgIpc) is 2.95. The van der Waals surface area contributed by atoms with Crippen LogP contribution in [-0.4, -0.2) is 36.4 Å². The van der Waals surface area contributed by atoms with Crippen molar-refractivity contribution in [1.29, 1.82) is 0 Å². The Bertz CT molecular complexity index is 572. The van der Waals surface area contributed by atoms with Gasteiger partial charge in [0.2, 0.25) is 5.95 Å². The van der Waals surface area contributed by atoms with E-state index in [1.807, 2.05) is 35.9 Å². The Morgan fingerprint density at radius 3 is 2.95 bits per heavy atom. The molecule has 1 N–H and O–H groups in total. The lowest BCUT2D eigenvalue weighted by Gasteiger charge is -2.11. The van der Waals surface area contributed by atoms with Gasteiger partial charge in [-0.05, 0) is 47.5 Å². The molecule has 0 aliphatic heterocycles. The van der Waals surface area contributed by atoms with Gasteiger partial charge in [0.15, 0.2) is 0 Å². The predicted octanol–water partition coefficient (Wildman–Crippen LogP) is 3.48. The highest BCUT2D eigenvalue weighted by atomic mass is 79.9. The van der Waals surface area contributed by atoms with Crippen molar-refractivity contribution in [3.05, 3.63) is 35.1 Å². The molecule has 1 heterocycles. The van der Waals surface area contributed by atoms with Gasteiger partial charge in [-0.25, -0.2) is 4.98 Å². The van der Waals surface area contributed by atoms with E-state index in [1.54, 1.807) is 13.3 Å². The molecule has 21 heavy (non-hydrogen) atoms. The molecule has 2 aromatic rings. The van der Waals surface area contributed by atoms with Crippen molar-refractivity contribution in [3.63, 3.8) is 0 Å². The van der Waals surface area contributed by atoms with Crippen LogP contribution in [0.3, 0.4) is 0 Å². The molecule has 1 aromatic heterocycles. The van der Waals surface area contributed by atoms with Gasteiger partial charge in [-0.3, -0.25) is 4.57 Å². The van der Waals surface area contributed by atoms with Crippen LogP contribution in [0.5, 0.6) is 5.75 Å². The number of aromatic nitrogens is 2. The molecular weight excluding hydrogens is 334 g/mol. The number of anilines is 1. The lowest BCUT2D eigenvalue weighted by molar-refractivity contribution is 0.147. The van der Waals surface area contributed by atoms with Crippen molar-refractivity contribution < 1.29 is 9.47 Å². The third-order valence-corrected chi connectivity index (χ3v) is 3.63. The number of ether oxygens (including phenoxy) is 2. The number of rotatable bonds is 8. The quantitative estimate of drug-likeness (QED) is 0.738. The molecule has 0 fully saturated rings. The van der Waals surface area contributed by atoms with Gasteiger partial charge in [0.1, 0.15) is 5.75 Å². The Kier molecular flexibility index (Phi) is 6.07. The summed E-state index contributed by atoms with van der Waals surface area (Å²) in [4.78, 5) is 4.35. The number of halogens is 1. The number of nitrogens with one attached hydrogen (secondary N) is 1. The molecule has 0 saturated heterocycles. The number of methoxy groups -OCH3 is 1. The fourth-order valence-corrected chi connectivity index (χ4v) is 2.50. The maximum Gasteiger partial charge on any atom is 0.207 e. The fourth-order valence-electron chi connectivity index (χ4n) is 1.97. The minimum absolute atomic E-state index is 0.758. The predicted molar refractivity (Wildman–Crippen MR) is 87.4 cm³/mol. The zero-order valence-corrected chi connectivity index (χ0v) is 13.9. The second kappa shape index (κ2) is 8.05. The third-order valence-electron chi connectivity index (χ3n) is 3.01. The maximum atomic E-state index is 5.32. The minimum atomic E-state index is 0.758. The molecule has 0 atom stereocenters. The van der Waals surface area contributed by atoms with Crippen LogP contribution in [0.4, 0.5) is 5.95 Å². The average molecular weight is 354 g/mol. The van der Waals surface area contributed by atoms with Gasteiger partial charge in [0.25, 0.3) is 0 Å². The van der Waals surface area contributed by atoms with E-state index < -0.39 is 0 Å². The molecule has 0 unspecified atom stereocenters. The Morgan fingerprint density at radius 1 is 1.38 bits per heavy atom. The van der Waals surface area contributed by atoms with Crippen molar-refractivity contribution in [3.8, 4) is 11.4 Å². The van der Waals surface area contributed by atoms with Gasteiger partial charge in [0, 0.05) is 37.8 Å². The van der Waals surface area contributed by atoms with E-state index in [2.05, 4.69) is 26.2 Å².